The fraction of sp³-hybridized carbons (Fsp3) is 0.550. The van der Waals surface area contributed by atoms with E-state index in [-0.39, 0.29) is 0 Å². The Balaban J connectivity index is 1.60. The van der Waals surface area contributed by atoms with Crippen LogP contribution in [0.2, 0.25) is 0 Å². The molecule has 4 rings (SSSR count). The molecule has 25 heavy (non-hydrogen) atoms. The molecule has 2 bridgehead atoms. The first-order chi connectivity index (χ1) is 12.2. The number of aromatic nitrogens is 1. The van der Waals surface area contributed by atoms with Gasteiger partial charge < -0.3 is 13.9 Å². The molecule has 0 unspecified atom stereocenters. The lowest BCUT2D eigenvalue weighted by atomic mass is 9.90. The molecule has 2 aliphatic rings. The quantitative estimate of drug-likeness (QED) is 0.821. The van der Waals surface area contributed by atoms with E-state index in [9.17, 15) is 0 Å². The van der Waals surface area contributed by atoms with E-state index in [2.05, 4.69) is 4.90 Å². The second kappa shape index (κ2) is 6.71. The van der Waals surface area contributed by atoms with Gasteiger partial charge >= 0.3 is 0 Å². The van der Waals surface area contributed by atoms with E-state index in [1.165, 1.54) is 32.2 Å². The summed E-state index contributed by atoms with van der Waals surface area (Å²) >= 11 is 0. The van der Waals surface area contributed by atoms with Gasteiger partial charge in [0.05, 0.1) is 25.5 Å². The van der Waals surface area contributed by atoms with E-state index in [4.69, 9.17) is 18.9 Å². The molecule has 0 spiro atoms. The van der Waals surface area contributed by atoms with Crippen LogP contribution in [0.3, 0.4) is 0 Å². The second-order valence-electron chi connectivity index (χ2n) is 7.20. The Morgan fingerprint density at radius 2 is 2.12 bits per heavy atom. The van der Waals surface area contributed by atoms with E-state index < -0.39 is 0 Å². The average molecular weight is 342 g/mol. The molecule has 5 nitrogen and oxygen atoms in total. The zero-order chi connectivity index (χ0) is 17.4. The third-order valence-electron chi connectivity index (χ3n) is 5.65. The van der Waals surface area contributed by atoms with E-state index in [0.717, 1.165) is 47.0 Å². The Bertz CT molecular complexity index is 755. The van der Waals surface area contributed by atoms with Crippen LogP contribution in [0.25, 0.3) is 11.5 Å². The lowest BCUT2D eigenvalue weighted by Gasteiger charge is -2.23. The number of hydrogen-bond donors (Lipinski definition) is 0. The van der Waals surface area contributed by atoms with Crippen molar-refractivity contribution < 1.29 is 13.9 Å². The predicted molar refractivity (Wildman–Crippen MR) is 95.9 cm³/mol. The Kier molecular flexibility index (Phi) is 4.42. The van der Waals surface area contributed by atoms with Gasteiger partial charge in [-0.1, -0.05) is 6.42 Å². The molecule has 2 aromatic rings. The summed E-state index contributed by atoms with van der Waals surface area (Å²) < 4.78 is 16.8. The normalized spacial score (nSPS) is 23.0. The molecule has 2 fully saturated rings. The molecule has 1 aromatic carbocycles. The highest BCUT2D eigenvalue weighted by atomic mass is 16.5. The highest BCUT2D eigenvalue weighted by molar-refractivity contribution is 5.65. The number of nitrogens with zero attached hydrogens (tertiary/aromatic N) is 2. The smallest absolute Gasteiger partial charge is 0.230 e. The summed E-state index contributed by atoms with van der Waals surface area (Å²) in [5.74, 6) is 3.88. The van der Waals surface area contributed by atoms with E-state index >= 15 is 0 Å². The summed E-state index contributed by atoms with van der Waals surface area (Å²) in [4.78, 5) is 7.39. The molecule has 1 saturated carbocycles. The maximum atomic E-state index is 5.99. The van der Waals surface area contributed by atoms with Gasteiger partial charge in [0.25, 0.3) is 0 Å². The molecule has 1 saturated heterocycles. The minimum atomic E-state index is 0.602. The zero-order valence-corrected chi connectivity index (χ0v) is 15.2. The molecule has 0 N–H and O–H groups in total. The molecule has 0 radical (unpaired) electrons. The van der Waals surface area contributed by atoms with Gasteiger partial charge in [-0.2, -0.15) is 0 Å². The molecule has 1 aliphatic heterocycles. The lowest BCUT2D eigenvalue weighted by Crippen LogP contribution is -2.28. The number of aryl methyl sites for hydroxylation is 1. The van der Waals surface area contributed by atoms with Crippen molar-refractivity contribution in [1.29, 1.82) is 0 Å². The van der Waals surface area contributed by atoms with Crippen LogP contribution in [0.4, 0.5) is 0 Å². The Morgan fingerprint density at radius 3 is 2.88 bits per heavy atom. The highest BCUT2D eigenvalue weighted by Crippen LogP contribution is 2.38. The van der Waals surface area contributed by atoms with Gasteiger partial charge in [-0.3, -0.25) is 4.90 Å². The first kappa shape index (κ1) is 16.5. The summed E-state index contributed by atoms with van der Waals surface area (Å²) in [5.41, 5.74) is 1.86. The topological polar surface area (TPSA) is 47.7 Å². The summed E-state index contributed by atoms with van der Waals surface area (Å²) in [7, 11) is 3.32. The second-order valence-corrected chi connectivity index (χ2v) is 7.20. The van der Waals surface area contributed by atoms with Gasteiger partial charge in [0.1, 0.15) is 17.3 Å². The number of oxazole rings is 1. The predicted octanol–water partition coefficient (Wildman–Crippen LogP) is 4.04. The first-order valence-corrected chi connectivity index (χ1v) is 9.10. The van der Waals surface area contributed by atoms with Crippen LogP contribution in [0.15, 0.2) is 22.6 Å². The largest absolute Gasteiger partial charge is 0.497 e. The van der Waals surface area contributed by atoms with Crippen LogP contribution < -0.4 is 9.47 Å². The van der Waals surface area contributed by atoms with Crippen molar-refractivity contribution in [2.75, 3.05) is 20.8 Å². The molecule has 1 aliphatic carbocycles. The SMILES string of the molecule is COc1ccc(OC)c(-c2nc(CN3C[C@H]4CCC[C@@H]3C4)c(C)o2)c1. The van der Waals surface area contributed by atoms with Crippen LogP contribution >= 0.6 is 0 Å². The van der Waals surface area contributed by atoms with Crippen molar-refractivity contribution in [3.05, 3.63) is 29.7 Å². The van der Waals surface area contributed by atoms with Gasteiger partial charge in [-0.15, -0.1) is 0 Å². The maximum Gasteiger partial charge on any atom is 0.230 e. The number of methoxy groups -OCH3 is 2. The monoisotopic (exact) mass is 342 g/mol. The summed E-state index contributed by atoms with van der Waals surface area (Å²) in [5, 5.41) is 0. The van der Waals surface area contributed by atoms with Gasteiger partial charge in [0, 0.05) is 19.1 Å². The molecule has 5 heteroatoms. The van der Waals surface area contributed by atoms with Crippen molar-refractivity contribution in [3.8, 4) is 23.0 Å². The number of fused-ring (bicyclic) bond motifs is 2. The van der Waals surface area contributed by atoms with E-state index in [1.54, 1.807) is 14.2 Å². The number of likely N-dealkylation sites (tertiary alicyclic amines) is 1. The standard InChI is InChI=1S/C20H26N2O3/c1-13-18(12-22-11-14-5-4-6-15(22)9-14)21-20(25-13)17-10-16(23-2)7-8-19(17)24-3/h7-8,10,14-15H,4-6,9,11-12H2,1-3H3/t14-,15+/m0/s1. The highest BCUT2D eigenvalue weighted by Gasteiger charge is 2.35. The summed E-state index contributed by atoms with van der Waals surface area (Å²) in [6.45, 7) is 4.08. The Labute approximate surface area is 148 Å². The van der Waals surface area contributed by atoms with Crippen molar-refractivity contribution in [2.45, 2.75) is 45.2 Å². The molecule has 1 aromatic heterocycles. The fourth-order valence-corrected chi connectivity index (χ4v) is 4.30. The van der Waals surface area contributed by atoms with Crippen LogP contribution in [-0.4, -0.2) is 36.7 Å². The van der Waals surface area contributed by atoms with Gasteiger partial charge in [-0.25, -0.2) is 4.98 Å². The Morgan fingerprint density at radius 1 is 1.24 bits per heavy atom. The number of benzene rings is 1. The minimum Gasteiger partial charge on any atom is -0.497 e. The van der Waals surface area contributed by atoms with Crippen molar-refractivity contribution in [3.63, 3.8) is 0 Å². The van der Waals surface area contributed by atoms with Crippen molar-refractivity contribution >= 4 is 0 Å². The van der Waals surface area contributed by atoms with Gasteiger partial charge in [-0.05, 0) is 50.3 Å². The summed E-state index contributed by atoms with van der Waals surface area (Å²) in [6.07, 6.45) is 5.43. The number of hydrogen-bond acceptors (Lipinski definition) is 5. The van der Waals surface area contributed by atoms with Crippen molar-refractivity contribution in [2.24, 2.45) is 5.92 Å². The zero-order valence-electron chi connectivity index (χ0n) is 15.2. The minimum absolute atomic E-state index is 0.602. The molecule has 0 amide bonds. The van der Waals surface area contributed by atoms with Crippen LogP contribution in [0.5, 0.6) is 11.5 Å². The third kappa shape index (κ3) is 3.13. The lowest BCUT2D eigenvalue weighted by molar-refractivity contribution is 0.233. The average Bonchev–Trinajstić information content (AvgIpc) is 3.13. The molecular weight excluding hydrogens is 316 g/mol. The van der Waals surface area contributed by atoms with E-state index in [1.807, 2.05) is 25.1 Å². The number of ether oxygens (including phenoxy) is 2. The Hall–Kier alpha value is -2.01. The fourth-order valence-electron chi connectivity index (χ4n) is 4.30. The molecule has 2 atom stereocenters. The van der Waals surface area contributed by atoms with Crippen LogP contribution in [0.1, 0.15) is 37.1 Å². The maximum absolute atomic E-state index is 5.99. The molecular formula is C20H26N2O3. The van der Waals surface area contributed by atoms with Gasteiger partial charge in [0.15, 0.2) is 0 Å². The third-order valence-corrected chi connectivity index (χ3v) is 5.65. The summed E-state index contributed by atoms with van der Waals surface area (Å²) in [6, 6.07) is 6.40. The van der Waals surface area contributed by atoms with E-state index in [0.29, 0.717) is 5.89 Å². The molecule has 134 valence electrons. The number of rotatable bonds is 5. The van der Waals surface area contributed by atoms with Crippen molar-refractivity contribution in [1.82, 2.24) is 9.88 Å². The molecule has 2 heterocycles. The van der Waals surface area contributed by atoms with Gasteiger partial charge in [0.2, 0.25) is 5.89 Å². The first-order valence-electron chi connectivity index (χ1n) is 9.10. The van der Waals surface area contributed by atoms with Crippen LogP contribution in [0, 0.1) is 12.8 Å². The van der Waals surface area contributed by atoms with Crippen LogP contribution in [-0.2, 0) is 6.54 Å².